The van der Waals surface area contributed by atoms with Crippen molar-refractivity contribution in [3.8, 4) is 0 Å². The van der Waals surface area contributed by atoms with Gasteiger partial charge in [0.05, 0.1) is 0 Å². The minimum atomic E-state index is -0.160. The fraction of sp³-hybridized carbons (Fsp3) is 0.600. The molecule has 0 aromatic heterocycles. The van der Waals surface area contributed by atoms with Crippen LogP contribution in [0, 0.1) is 11.3 Å². The monoisotopic (exact) mass is 179 g/mol. The van der Waals surface area contributed by atoms with E-state index in [0.717, 1.165) is 6.42 Å². The topological polar surface area (TPSA) is 37.4 Å². The zero-order valence-electron chi connectivity index (χ0n) is 7.91. The Morgan fingerprint density at radius 3 is 2.23 bits per heavy atom. The molecule has 0 aromatic carbocycles. The van der Waals surface area contributed by atoms with Crippen molar-refractivity contribution < 1.29 is 9.59 Å². The first-order valence-corrected chi connectivity index (χ1v) is 4.54. The number of nitrogens with zero attached hydrogens (tertiary/aromatic N) is 1. The van der Waals surface area contributed by atoms with E-state index in [-0.39, 0.29) is 11.8 Å². The third kappa shape index (κ3) is 1.39. The largest absolute Gasteiger partial charge is 0.275 e. The fourth-order valence-electron chi connectivity index (χ4n) is 1.72. The normalized spacial score (nSPS) is 30.0. The molecule has 70 valence electrons. The summed E-state index contributed by atoms with van der Waals surface area (Å²) in [6.07, 6.45) is 3.81. The van der Waals surface area contributed by atoms with Gasteiger partial charge < -0.3 is 0 Å². The third-order valence-corrected chi connectivity index (χ3v) is 3.02. The predicted octanol–water partition coefficient (Wildman–Crippen LogP) is 0.958. The van der Waals surface area contributed by atoms with Crippen molar-refractivity contribution in [3.63, 3.8) is 0 Å². The van der Waals surface area contributed by atoms with Crippen LogP contribution in [-0.2, 0) is 9.59 Å². The molecule has 3 heteroatoms. The predicted molar refractivity (Wildman–Crippen MR) is 47.7 cm³/mol. The molecule has 1 unspecified atom stereocenters. The van der Waals surface area contributed by atoms with Crippen molar-refractivity contribution in [1.29, 1.82) is 0 Å². The molecular weight excluding hydrogens is 166 g/mol. The fourth-order valence-corrected chi connectivity index (χ4v) is 1.72. The Morgan fingerprint density at radius 1 is 1.38 bits per heavy atom. The van der Waals surface area contributed by atoms with Crippen molar-refractivity contribution in [3.05, 3.63) is 12.2 Å². The summed E-state index contributed by atoms with van der Waals surface area (Å²) in [6.45, 7) is 4.92. The summed E-state index contributed by atoms with van der Waals surface area (Å²) in [6, 6.07) is 0. The average molecular weight is 179 g/mol. The standard InChI is InChI=1S/C10H13NO2/c1-10(2)5-7(10)6-11-8(12)3-4-9(11)13/h3-4,7H,5-6H2,1-2H3. The summed E-state index contributed by atoms with van der Waals surface area (Å²) in [7, 11) is 0. The molecule has 0 radical (unpaired) electrons. The zero-order valence-corrected chi connectivity index (χ0v) is 7.91. The number of hydrogen-bond acceptors (Lipinski definition) is 2. The second-order valence-electron chi connectivity index (χ2n) is 4.51. The highest BCUT2D eigenvalue weighted by atomic mass is 16.2. The number of amides is 2. The summed E-state index contributed by atoms with van der Waals surface area (Å²) >= 11 is 0. The molecule has 0 saturated heterocycles. The van der Waals surface area contributed by atoms with Crippen LogP contribution in [0.4, 0.5) is 0 Å². The Morgan fingerprint density at radius 2 is 1.85 bits per heavy atom. The van der Waals surface area contributed by atoms with Gasteiger partial charge in [-0.3, -0.25) is 14.5 Å². The molecule has 1 heterocycles. The van der Waals surface area contributed by atoms with Gasteiger partial charge in [-0.15, -0.1) is 0 Å². The second-order valence-corrected chi connectivity index (χ2v) is 4.51. The van der Waals surface area contributed by atoms with Gasteiger partial charge in [-0.2, -0.15) is 0 Å². The highest BCUT2D eigenvalue weighted by Crippen LogP contribution is 2.51. The maximum Gasteiger partial charge on any atom is 0.253 e. The van der Waals surface area contributed by atoms with E-state index in [2.05, 4.69) is 13.8 Å². The lowest BCUT2D eigenvalue weighted by atomic mass is 10.1. The molecule has 13 heavy (non-hydrogen) atoms. The van der Waals surface area contributed by atoms with E-state index in [4.69, 9.17) is 0 Å². The lowest BCUT2D eigenvalue weighted by molar-refractivity contribution is -0.137. The van der Waals surface area contributed by atoms with Crippen LogP contribution in [0.2, 0.25) is 0 Å². The first-order valence-electron chi connectivity index (χ1n) is 4.54. The first-order chi connectivity index (χ1) is 6.00. The van der Waals surface area contributed by atoms with Crippen LogP contribution < -0.4 is 0 Å². The lowest BCUT2D eigenvalue weighted by Crippen LogP contribution is -2.32. The van der Waals surface area contributed by atoms with Crippen LogP contribution in [0.5, 0.6) is 0 Å². The van der Waals surface area contributed by atoms with Gasteiger partial charge in [0.1, 0.15) is 0 Å². The SMILES string of the molecule is CC1(C)CC1CN1C(=O)C=CC1=O. The average Bonchev–Trinajstić information content (AvgIpc) is 2.52. The van der Waals surface area contributed by atoms with Gasteiger partial charge in [0.25, 0.3) is 11.8 Å². The lowest BCUT2D eigenvalue weighted by Gasteiger charge is -2.14. The van der Waals surface area contributed by atoms with E-state index in [0.29, 0.717) is 17.9 Å². The van der Waals surface area contributed by atoms with Gasteiger partial charge in [-0.05, 0) is 17.8 Å². The molecule has 1 aliphatic carbocycles. The molecule has 0 spiro atoms. The minimum Gasteiger partial charge on any atom is -0.275 e. The van der Waals surface area contributed by atoms with Crippen molar-refractivity contribution in [2.75, 3.05) is 6.54 Å². The highest BCUT2D eigenvalue weighted by Gasteiger charge is 2.47. The maximum absolute atomic E-state index is 11.2. The molecule has 0 aromatic rings. The molecule has 1 atom stereocenters. The van der Waals surface area contributed by atoms with E-state index in [9.17, 15) is 9.59 Å². The summed E-state index contributed by atoms with van der Waals surface area (Å²) in [5.74, 6) is 0.181. The Balaban J connectivity index is 1.97. The van der Waals surface area contributed by atoms with E-state index in [1.807, 2.05) is 0 Å². The molecule has 3 nitrogen and oxygen atoms in total. The molecule has 2 aliphatic rings. The molecule has 0 bridgehead atoms. The van der Waals surface area contributed by atoms with Crippen LogP contribution >= 0.6 is 0 Å². The van der Waals surface area contributed by atoms with Crippen LogP contribution in [0.1, 0.15) is 20.3 Å². The minimum absolute atomic E-state index is 0.160. The summed E-state index contributed by atoms with van der Waals surface area (Å²) in [5.41, 5.74) is 0.323. The Bertz CT molecular complexity index is 286. The van der Waals surface area contributed by atoms with Gasteiger partial charge in [-0.25, -0.2) is 0 Å². The first kappa shape index (κ1) is 8.48. The Hall–Kier alpha value is -1.12. The number of rotatable bonds is 2. The van der Waals surface area contributed by atoms with E-state index in [1.54, 1.807) is 0 Å². The maximum atomic E-state index is 11.2. The van der Waals surface area contributed by atoms with Crippen LogP contribution in [0.15, 0.2) is 12.2 Å². The summed E-state index contributed by atoms with van der Waals surface area (Å²) in [4.78, 5) is 23.7. The second kappa shape index (κ2) is 2.44. The smallest absolute Gasteiger partial charge is 0.253 e. The van der Waals surface area contributed by atoms with E-state index < -0.39 is 0 Å². The van der Waals surface area contributed by atoms with E-state index >= 15 is 0 Å². The molecule has 2 amide bonds. The van der Waals surface area contributed by atoms with Crippen molar-refractivity contribution in [1.82, 2.24) is 4.90 Å². The van der Waals surface area contributed by atoms with Crippen molar-refractivity contribution in [2.45, 2.75) is 20.3 Å². The summed E-state index contributed by atoms with van der Waals surface area (Å²) < 4.78 is 0. The van der Waals surface area contributed by atoms with Gasteiger partial charge in [-0.1, -0.05) is 13.8 Å². The van der Waals surface area contributed by atoms with Crippen LogP contribution in [-0.4, -0.2) is 23.3 Å². The van der Waals surface area contributed by atoms with Gasteiger partial charge >= 0.3 is 0 Å². The number of carbonyl (C=O) groups excluding carboxylic acids is 2. The quantitative estimate of drug-likeness (QED) is 0.592. The molecule has 2 rings (SSSR count). The molecule has 0 N–H and O–H groups in total. The molecule has 1 aliphatic heterocycles. The van der Waals surface area contributed by atoms with Crippen molar-refractivity contribution in [2.24, 2.45) is 11.3 Å². The molecule has 1 fully saturated rings. The van der Waals surface area contributed by atoms with Gasteiger partial charge in [0, 0.05) is 18.7 Å². The third-order valence-electron chi connectivity index (χ3n) is 3.02. The molecule has 1 saturated carbocycles. The van der Waals surface area contributed by atoms with Gasteiger partial charge in [0.15, 0.2) is 0 Å². The van der Waals surface area contributed by atoms with Crippen LogP contribution in [0.25, 0.3) is 0 Å². The number of hydrogen-bond donors (Lipinski definition) is 0. The van der Waals surface area contributed by atoms with Crippen molar-refractivity contribution >= 4 is 11.8 Å². The summed E-state index contributed by atoms with van der Waals surface area (Å²) in [5, 5.41) is 0. The number of imide groups is 1. The highest BCUT2D eigenvalue weighted by molar-refractivity contribution is 6.12. The molecular formula is C10H13NO2. The Kier molecular flexibility index (Phi) is 1.59. The Labute approximate surface area is 77.4 Å². The zero-order chi connectivity index (χ0) is 9.64. The van der Waals surface area contributed by atoms with E-state index in [1.165, 1.54) is 17.1 Å². The van der Waals surface area contributed by atoms with Gasteiger partial charge in [0.2, 0.25) is 0 Å². The number of carbonyl (C=O) groups is 2. The van der Waals surface area contributed by atoms with Crippen LogP contribution in [0.3, 0.4) is 0 Å².